The van der Waals surface area contributed by atoms with Gasteiger partial charge in [-0.15, -0.1) is 0 Å². The minimum atomic E-state index is 0.742. The van der Waals surface area contributed by atoms with Crippen LogP contribution in [0.15, 0.2) is 18.2 Å². The van der Waals surface area contributed by atoms with Gasteiger partial charge in [-0.1, -0.05) is 31.0 Å². The molecule has 0 fully saturated rings. The maximum absolute atomic E-state index is 6.02. The van der Waals surface area contributed by atoms with Crippen LogP contribution in [-0.2, 0) is 4.74 Å². The smallest absolute Gasteiger partial charge is 0.0639 e. The van der Waals surface area contributed by atoms with Crippen LogP contribution in [0, 0.1) is 6.92 Å². The highest BCUT2D eigenvalue weighted by Crippen LogP contribution is 2.22. The molecule has 1 aromatic rings. The van der Waals surface area contributed by atoms with Gasteiger partial charge in [-0.3, -0.25) is 0 Å². The van der Waals surface area contributed by atoms with Gasteiger partial charge in [-0.25, -0.2) is 0 Å². The Morgan fingerprint density at radius 2 is 2.12 bits per heavy atom. The zero-order chi connectivity index (χ0) is 11.8. The predicted octanol–water partition coefficient (Wildman–Crippen LogP) is 3.88. The van der Waals surface area contributed by atoms with Gasteiger partial charge in [0, 0.05) is 23.9 Å². The molecule has 0 atom stereocenters. The molecule has 0 aliphatic carbocycles. The summed E-state index contributed by atoms with van der Waals surface area (Å²) in [5.74, 6) is 0. The van der Waals surface area contributed by atoms with E-state index < -0.39 is 0 Å². The van der Waals surface area contributed by atoms with E-state index in [0.717, 1.165) is 42.5 Å². The third-order valence-electron chi connectivity index (χ3n) is 2.47. The highest BCUT2D eigenvalue weighted by Gasteiger charge is 2.00. The number of hydrogen-bond acceptors (Lipinski definition) is 2. The van der Waals surface area contributed by atoms with E-state index in [9.17, 15) is 0 Å². The highest BCUT2D eigenvalue weighted by molar-refractivity contribution is 6.31. The van der Waals surface area contributed by atoms with Crippen LogP contribution in [0.2, 0.25) is 5.02 Å². The molecular weight excluding hydrogens is 222 g/mol. The second-order valence-corrected chi connectivity index (χ2v) is 4.21. The molecule has 1 aromatic carbocycles. The molecule has 0 heterocycles. The maximum atomic E-state index is 6.02. The van der Waals surface area contributed by atoms with Crippen LogP contribution >= 0.6 is 11.6 Å². The van der Waals surface area contributed by atoms with Gasteiger partial charge in [0.25, 0.3) is 0 Å². The molecule has 0 unspecified atom stereocenters. The molecule has 16 heavy (non-hydrogen) atoms. The van der Waals surface area contributed by atoms with Crippen molar-refractivity contribution in [3.8, 4) is 0 Å². The molecule has 1 rings (SSSR count). The van der Waals surface area contributed by atoms with Crippen LogP contribution in [0.25, 0.3) is 0 Å². The van der Waals surface area contributed by atoms with Crippen LogP contribution in [0.5, 0.6) is 0 Å². The van der Waals surface area contributed by atoms with Crippen molar-refractivity contribution in [2.24, 2.45) is 0 Å². The Morgan fingerprint density at radius 1 is 1.31 bits per heavy atom. The normalized spacial score (nSPS) is 10.4. The van der Waals surface area contributed by atoms with E-state index in [0.29, 0.717) is 0 Å². The lowest BCUT2D eigenvalue weighted by atomic mass is 10.2. The Kier molecular flexibility index (Phi) is 6.27. The average Bonchev–Trinajstić information content (AvgIpc) is 2.29. The van der Waals surface area contributed by atoms with E-state index in [1.807, 2.05) is 25.1 Å². The molecule has 0 spiro atoms. The molecule has 0 saturated carbocycles. The standard InChI is InChI=1S/C13H20ClNO/c1-3-4-9-16-10-8-15-13-7-5-6-12(14)11(13)2/h5-7,15H,3-4,8-10H2,1-2H3. The van der Waals surface area contributed by atoms with Crippen molar-refractivity contribution in [3.63, 3.8) is 0 Å². The van der Waals surface area contributed by atoms with Gasteiger partial charge in [-0.05, 0) is 31.0 Å². The summed E-state index contributed by atoms with van der Waals surface area (Å²) in [6, 6.07) is 5.89. The Morgan fingerprint density at radius 3 is 2.88 bits per heavy atom. The molecule has 0 saturated heterocycles. The van der Waals surface area contributed by atoms with Crippen LogP contribution in [0.4, 0.5) is 5.69 Å². The SMILES string of the molecule is CCCCOCCNc1cccc(Cl)c1C. The van der Waals surface area contributed by atoms with Gasteiger partial charge in [0.2, 0.25) is 0 Å². The van der Waals surface area contributed by atoms with E-state index in [1.165, 1.54) is 6.42 Å². The fourth-order valence-corrected chi connectivity index (χ4v) is 1.58. The average molecular weight is 242 g/mol. The van der Waals surface area contributed by atoms with Crippen molar-refractivity contribution in [2.45, 2.75) is 26.7 Å². The summed E-state index contributed by atoms with van der Waals surface area (Å²) in [5, 5.41) is 4.12. The lowest BCUT2D eigenvalue weighted by molar-refractivity contribution is 0.141. The molecule has 0 amide bonds. The zero-order valence-electron chi connectivity index (χ0n) is 10.1. The largest absolute Gasteiger partial charge is 0.382 e. The summed E-state index contributed by atoms with van der Waals surface area (Å²) in [7, 11) is 0. The Hall–Kier alpha value is -0.730. The molecule has 0 aliphatic rings. The maximum Gasteiger partial charge on any atom is 0.0639 e. The van der Waals surface area contributed by atoms with Gasteiger partial charge < -0.3 is 10.1 Å². The first kappa shape index (κ1) is 13.3. The van der Waals surface area contributed by atoms with E-state index in [2.05, 4.69) is 12.2 Å². The predicted molar refractivity (Wildman–Crippen MR) is 70.4 cm³/mol. The molecule has 0 radical (unpaired) electrons. The van der Waals surface area contributed by atoms with Gasteiger partial charge in [0.15, 0.2) is 0 Å². The molecule has 0 aromatic heterocycles. The van der Waals surface area contributed by atoms with Crippen LogP contribution in [-0.4, -0.2) is 19.8 Å². The molecule has 0 aliphatic heterocycles. The molecule has 3 heteroatoms. The van der Waals surface area contributed by atoms with Crippen LogP contribution < -0.4 is 5.32 Å². The van der Waals surface area contributed by atoms with Gasteiger partial charge in [-0.2, -0.15) is 0 Å². The first-order chi connectivity index (χ1) is 7.75. The number of hydrogen-bond donors (Lipinski definition) is 1. The molecule has 2 nitrogen and oxygen atoms in total. The summed E-state index contributed by atoms with van der Waals surface area (Å²) in [6.45, 7) is 6.60. The van der Waals surface area contributed by atoms with E-state index in [-0.39, 0.29) is 0 Å². The Bertz CT molecular complexity index is 315. The highest BCUT2D eigenvalue weighted by atomic mass is 35.5. The summed E-state index contributed by atoms with van der Waals surface area (Å²) >= 11 is 6.02. The lowest BCUT2D eigenvalue weighted by Gasteiger charge is -2.10. The van der Waals surface area contributed by atoms with Crippen molar-refractivity contribution < 1.29 is 4.74 Å². The Balaban J connectivity index is 2.24. The number of unbranched alkanes of at least 4 members (excludes halogenated alkanes) is 1. The fourth-order valence-electron chi connectivity index (χ4n) is 1.41. The monoisotopic (exact) mass is 241 g/mol. The summed E-state index contributed by atoms with van der Waals surface area (Å²) < 4.78 is 5.47. The first-order valence-corrected chi connectivity index (χ1v) is 6.20. The molecule has 1 N–H and O–H groups in total. The van der Waals surface area contributed by atoms with Crippen molar-refractivity contribution in [1.82, 2.24) is 0 Å². The van der Waals surface area contributed by atoms with E-state index >= 15 is 0 Å². The van der Waals surface area contributed by atoms with Crippen molar-refractivity contribution >= 4 is 17.3 Å². The number of rotatable bonds is 7. The number of anilines is 1. The Labute approximate surface area is 103 Å². The molecular formula is C13H20ClNO. The molecule has 90 valence electrons. The second kappa shape index (κ2) is 7.53. The van der Waals surface area contributed by atoms with Gasteiger partial charge >= 0.3 is 0 Å². The van der Waals surface area contributed by atoms with Crippen LogP contribution in [0.3, 0.4) is 0 Å². The third kappa shape index (κ3) is 4.42. The minimum Gasteiger partial charge on any atom is -0.382 e. The third-order valence-corrected chi connectivity index (χ3v) is 2.88. The number of ether oxygens (including phenoxy) is 1. The zero-order valence-corrected chi connectivity index (χ0v) is 10.8. The quantitative estimate of drug-likeness (QED) is 0.732. The van der Waals surface area contributed by atoms with E-state index in [4.69, 9.17) is 16.3 Å². The summed E-state index contributed by atoms with van der Waals surface area (Å²) in [4.78, 5) is 0. The number of benzene rings is 1. The van der Waals surface area contributed by atoms with E-state index in [1.54, 1.807) is 0 Å². The topological polar surface area (TPSA) is 21.3 Å². The van der Waals surface area contributed by atoms with Crippen molar-refractivity contribution in [2.75, 3.05) is 25.1 Å². The minimum absolute atomic E-state index is 0.742. The van der Waals surface area contributed by atoms with Gasteiger partial charge in [0.05, 0.1) is 6.61 Å². The first-order valence-electron chi connectivity index (χ1n) is 5.82. The summed E-state index contributed by atoms with van der Waals surface area (Å²) in [5.41, 5.74) is 2.18. The number of halogens is 1. The van der Waals surface area contributed by atoms with Crippen LogP contribution in [0.1, 0.15) is 25.3 Å². The molecule has 0 bridgehead atoms. The van der Waals surface area contributed by atoms with Gasteiger partial charge in [0.1, 0.15) is 0 Å². The lowest BCUT2D eigenvalue weighted by Crippen LogP contribution is -2.10. The summed E-state index contributed by atoms with van der Waals surface area (Å²) in [6.07, 6.45) is 2.32. The second-order valence-electron chi connectivity index (χ2n) is 3.81. The number of nitrogens with one attached hydrogen (secondary N) is 1. The van der Waals surface area contributed by atoms with Crippen molar-refractivity contribution in [3.05, 3.63) is 28.8 Å². The van der Waals surface area contributed by atoms with Crippen molar-refractivity contribution in [1.29, 1.82) is 0 Å². The fraction of sp³-hybridized carbons (Fsp3) is 0.538.